The first-order valence-corrected chi connectivity index (χ1v) is 8.19. The Hall–Kier alpha value is -2.41. The van der Waals surface area contributed by atoms with E-state index in [0.29, 0.717) is 35.3 Å². The molecule has 1 aliphatic rings. The number of rotatable bonds is 7. The first kappa shape index (κ1) is 16.4. The molecule has 2 amide bonds. The van der Waals surface area contributed by atoms with Gasteiger partial charge in [0.15, 0.2) is 0 Å². The molecule has 126 valence electrons. The zero-order valence-corrected chi connectivity index (χ0v) is 13.8. The van der Waals surface area contributed by atoms with Gasteiger partial charge in [0, 0.05) is 18.0 Å². The Balaban J connectivity index is 1.62. The molecule has 1 fully saturated rings. The molecule has 1 saturated carbocycles. The maximum atomic E-state index is 12.3. The highest BCUT2D eigenvalue weighted by molar-refractivity contribution is 6.31. The van der Waals surface area contributed by atoms with Crippen molar-refractivity contribution in [3.63, 3.8) is 0 Å². The molecule has 0 radical (unpaired) electrons. The second-order valence-corrected chi connectivity index (χ2v) is 6.24. The number of hydrogen-bond acceptors (Lipinski definition) is 4. The van der Waals surface area contributed by atoms with Crippen LogP contribution in [0.5, 0.6) is 0 Å². The van der Waals surface area contributed by atoms with E-state index in [1.165, 1.54) is 6.33 Å². The number of benzene rings is 1. The lowest BCUT2D eigenvalue weighted by molar-refractivity contribution is -0.116. The summed E-state index contributed by atoms with van der Waals surface area (Å²) in [4.78, 5) is 28.3. The van der Waals surface area contributed by atoms with Crippen molar-refractivity contribution in [1.29, 1.82) is 0 Å². The van der Waals surface area contributed by atoms with Crippen molar-refractivity contribution in [3.05, 3.63) is 41.4 Å². The molecule has 3 rings (SSSR count). The lowest BCUT2D eigenvalue weighted by Crippen LogP contribution is -2.27. The molecule has 1 heterocycles. The number of anilines is 1. The van der Waals surface area contributed by atoms with Crippen LogP contribution in [0.1, 0.15) is 29.6 Å². The maximum absolute atomic E-state index is 12.3. The second-order valence-electron chi connectivity index (χ2n) is 5.80. The van der Waals surface area contributed by atoms with Gasteiger partial charge in [0.25, 0.3) is 5.91 Å². The number of nitrogens with one attached hydrogen (secondary N) is 2. The van der Waals surface area contributed by atoms with Crippen molar-refractivity contribution >= 4 is 29.1 Å². The number of aryl methyl sites for hydroxylation is 1. The molecule has 0 bridgehead atoms. The Kier molecular flexibility index (Phi) is 5.10. The van der Waals surface area contributed by atoms with Gasteiger partial charge in [-0.1, -0.05) is 11.6 Å². The average molecular weight is 348 g/mol. The molecule has 2 aromatic rings. The van der Waals surface area contributed by atoms with Crippen molar-refractivity contribution in [3.8, 4) is 0 Å². The van der Waals surface area contributed by atoms with E-state index < -0.39 is 0 Å². The fourth-order valence-electron chi connectivity index (χ4n) is 2.24. The summed E-state index contributed by atoms with van der Waals surface area (Å²) in [7, 11) is 0. The molecular weight excluding hydrogens is 330 g/mol. The molecule has 0 saturated heterocycles. The van der Waals surface area contributed by atoms with Gasteiger partial charge in [0.2, 0.25) is 5.91 Å². The molecular formula is C16H18ClN5O2. The average Bonchev–Trinajstić information content (AvgIpc) is 3.25. The number of amides is 2. The topological polar surface area (TPSA) is 88.9 Å². The lowest BCUT2D eigenvalue weighted by atomic mass is 10.1. The van der Waals surface area contributed by atoms with Gasteiger partial charge in [-0.15, -0.1) is 0 Å². The Morgan fingerprint density at radius 1 is 1.33 bits per heavy atom. The Morgan fingerprint density at radius 3 is 2.88 bits per heavy atom. The van der Waals surface area contributed by atoms with Crippen LogP contribution in [-0.2, 0) is 11.3 Å². The maximum Gasteiger partial charge on any atom is 0.253 e. The van der Waals surface area contributed by atoms with Crippen LogP contribution in [-0.4, -0.2) is 33.1 Å². The van der Waals surface area contributed by atoms with Gasteiger partial charge in [-0.25, -0.2) is 4.98 Å². The van der Waals surface area contributed by atoms with Gasteiger partial charge >= 0.3 is 0 Å². The number of carbonyl (C=O) groups is 2. The predicted octanol–water partition coefficient (Wildman–Crippen LogP) is 2.10. The van der Waals surface area contributed by atoms with Gasteiger partial charge in [-0.2, -0.15) is 5.10 Å². The van der Waals surface area contributed by atoms with E-state index in [-0.39, 0.29) is 18.2 Å². The third-order valence-electron chi connectivity index (χ3n) is 3.78. The minimum absolute atomic E-state index is 0.205. The number of carbonyl (C=O) groups excluding carboxylic acids is 2. The molecule has 1 aliphatic carbocycles. The smallest absolute Gasteiger partial charge is 0.253 e. The van der Waals surface area contributed by atoms with Gasteiger partial charge in [-0.3, -0.25) is 14.3 Å². The van der Waals surface area contributed by atoms with Crippen molar-refractivity contribution in [1.82, 2.24) is 20.1 Å². The number of aromatic nitrogens is 3. The standard InChI is InChI=1S/C16H18ClN5O2/c17-12-3-4-14(13(7-12)16(24)19-8-11-1-2-11)21-15(23)5-6-22-10-18-9-20-22/h3-4,7,9-11H,1-2,5-6,8H2,(H,19,24)(H,21,23). The number of nitrogens with zero attached hydrogens (tertiary/aromatic N) is 3. The number of hydrogen-bond donors (Lipinski definition) is 2. The third kappa shape index (κ3) is 4.55. The van der Waals surface area contributed by atoms with Crippen molar-refractivity contribution in [2.45, 2.75) is 25.8 Å². The summed E-state index contributed by atoms with van der Waals surface area (Å²) in [5, 5.41) is 10.0. The molecule has 1 aromatic carbocycles. The fourth-order valence-corrected chi connectivity index (χ4v) is 2.42. The van der Waals surface area contributed by atoms with Crippen molar-refractivity contribution < 1.29 is 9.59 Å². The van der Waals surface area contributed by atoms with Gasteiger partial charge < -0.3 is 10.6 Å². The van der Waals surface area contributed by atoms with E-state index in [1.54, 1.807) is 29.2 Å². The summed E-state index contributed by atoms with van der Waals surface area (Å²) in [6.45, 7) is 1.08. The Morgan fingerprint density at radius 2 is 2.17 bits per heavy atom. The molecule has 7 nitrogen and oxygen atoms in total. The highest BCUT2D eigenvalue weighted by atomic mass is 35.5. The summed E-state index contributed by atoms with van der Waals surface area (Å²) in [5.74, 6) is 0.147. The normalized spacial score (nSPS) is 13.5. The van der Waals surface area contributed by atoms with Crippen LogP contribution in [0.2, 0.25) is 5.02 Å². The molecule has 8 heteroatoms. The van der Waals surface area contributed by atoms with Crippen molar-refractivity contribution in [2.24, 2.45) is 5.92 Å². The summed E-state index contributed by atoms with van der Waals surface area (Å²) < 4.78 is 1.57. The third-order valence-corrected chi connectivity index (χ3v) is 4.02. The van der Waals surface area contributed by atoms with E-state index in [1.807, 2.05) is 0 Å². The van der Waals surface area contributed by atoms with Gasteiger partial charge in [0.05, 0.1) is 17.8 Å². The summed E-state index contributed by atoms with van der Waals surface area (Å²) in [6.07, 6.45) is 5.50. The van der Waals surface area contributed by atoms with E-state index in [2.05, 4.69) is 20.7 Å². The minimum atomic E-state index is -0.226. The predicted molar refractivity (Wildman–Crippen MR) is 89.8 cm³/mol. The Bertz CT molecular complexity index is 728. The highest BCUT2D eigenvalue weighted by Crippen LogP contribution is 2.28. The van der Waals surface area contributed by atoms with E-state index >= 15 is 0 Å². The molecule has 24 heavy (non-hydrogen) atoms. The zero-order chi connectivity index (χ0) is 16.9. The molecule has 0 atom stereocenters. The second kappa shape index (κ2) is 7.44. The van der Waals surface area contributed by atoms with E-state index in [9.17, 15) is 9.59 Å². The van der Waals surface area contributed by atoms with Crippen LogP contribution in [0, 0.1) is 5.92 Å². The van der Waals surface area contributed by atoms with Crippen LogP contribution < -0.4 is 10.6 Å². The molecule has 0 unspecified atom stereocenters. The van der Waals surface area contributed by atoms with E-state index in [0.717, 1.165) is 12.8 Å². The van der Waals surface area contributed by atoms with Crippen LogP contribution in [0.25, 0.3) is 0 Å². The lowest BCUT2D eigenvalue weighted by Gasteiger charge is -2.12. The molecule has 2 N–H and O–H groups in total. The zero-order valence-electron chi connectivity index (χ0n) is 13.0. The monoisotopic (exact) mass is 347 g/mol. The number of halogens is 1. The van der Waals surface area contributed by atoms with Crippen molar-refractivity contribution in [2.75, 3.05) is 11.9 Å². The SMILES string of the molecule is O=C(CCn1cncn1)Nc1ccc(Cl)cc1C(=O)NCC1CC1. The molecule has 1 aromatic heterocycles. The summed E-state index contributed by atoms with van der Waals surface area (Å²) in [6, 6.07) is 4.85. The largest absolute Gasteiger partial charge is 0.352 e. The highest BCUT2D eigenvalue weighted by Gasteiger charge is 2.23. The summed E-state index contributed by atoms with van der Waals surface area (Å²) in [5.41, 5.74) is 0.827. The minimum Gasteiger partial charge on any atom is -0.352 e. The molecule has 0 aliphatic heterocycles. The molecule has 0 spiro atoms. The summed E-state index contributed by atoms with van der Waals surface area (Å²) >= 11 is 5.99. The van der Waals surface area contributed by atoms with Crippen LogP contribution >= 0.6 is 11.6 Å². The quantitative estimate of drug-likeness (QED) is 0.802. The van der Waals surface area contributed by atoms with Gasteiger partial charge in [-0.05, 0) is 37.0 Å². The van der Waals surface area contributed by atoms with Gasteiger partial charge in [0.1, 0.15) is 12.7 Å². The van der Waals surface area contributed by atoms with Crippen LogP contribution in [0.15, 0.2) is 30.9 Å². The first-order valence-electron chi connectivity index (χ1n) is 7.82. The Labute approximate surface area is 144 Å². The van der Waals surface area contributed by atoms with Crippen LogP contribution in [0.4, 0.5) is 5.69 Å². The fraction of sp³-hybridized carbons (Fsp3) is 0.375. The van der Waals surface area contributed by atoms with Crippen LogP contribution in [0.3, 0.4) is 0 Å². The van der Waals surface area contributed by atoms with E-state index in [4.69, 9.17) is 11.6 Å². The first-order chi connectivity index (χ1) is 11.6.